The van der Waals surface area contributed by atoms with Gasteiger partial charge >= 0.3 is 0 Å². The van der Waals surface area contributed by atoms with Crippen molar-refractivity contribution >= 4 is 87.2 Å². The number of thiophene rings is 1. The van der Waals surface area contributed by atoms with Crippen molar-refractivity contribution in [3.8, 4) is 0 Å². The van der Waals surface area contributed by atoms with Crippen LogP contribution in [0.25, 0.3) is 41.7 Å². The van der Waals surface area contributed by atoms with E-state index >= 15 is 0 Å². The molecule has 1 aromatic heterocycles. The molecule has 41 heavy (non-hydrogen) atoms. The van der Waals surface area contributed by atoms with Crippen LogP contribution in [-0.4, -0.2) is 0 Å². The van der Waals surface area contributed by atoms with Gasteiger partial charge in [0.05, 0.1) is 22.7 Å². The Morgan fingerprint density at radius 1 is 0.366 bits per heavy atom. The van der Waals surface area contributed by atoms with E-state index in [9.17, 15) is 0 Å². The molecule has 0 atom stereocenters. The Bertz CT molecular complexity index is 2280. The quantitative estimate of drug-likeness (QED) is 0.215. The number of hydrogen-bond donors (Lipinski definition) is 0. The van der Waals surface area contributed by atoms with Crippen LogP contribution in [0.15, 0.2) is 146 Å². The molecular weight excluding hydrogens is 516 g/mol. The lowest BCUT2D eigenvalue weighted by Crippen LogP contribution is -2.24. The molecule has 0 aliphatic carbocycles. The second-order valence-corrected chi connectivity index (χ2v) is 11.7. The van der Waals surface area contributed by atoms with Gasteiger partial charge < -0.3 is 9.80 Å². The van der Waals surface area contributed by atoms with E-state index in [2.05, 4.69) is 155 Å². The molecule has 0 N–H and O–H groups in total. The number of anilines is 6. The molecule has 0 saturated carbocycles. The molecule has 192 valence electrons. The van der Waals surface area contributed by atoms with Crippen LogP contribution in [0.4, 0.5) is 34.1 Å². The van der Waals surface area contributed by atoms with Gasteiger partial charge in [-0.1, -0.05) is 97.1 Å². The smallest absolute Gasteiger partial charge is 0.0782 e. The van der Waals surface area contributed by atoms with E-state index in [1.54, 1.807) is 0 Å². The zero-order valence-corrected chi connectivity index (χ0v) is 23.0. The van der Waals surface area contributed by atoms with Crippen LogP contribution in [0.2, 0.25) is 0 Å². The van der Waals surface area contributed by atoms with Crippen molar-refractivity contribution < 1.29 is 0 Å². The van der Waals surface area contributed by atoms with Crippen molar-refractivity contribution in [3.63, 3.8) is 0 Å². The lowest BCUT2D eigenvalue weighted by Gasteiger charge is -2.41. The van der Waals surface area contributed by atoms with E-state index in [1.165, 1.54) is 70.2 Å². The number of fused-ring (bicyclic) bond motifs is 9. The van der Waals surface area contributed by atoms with Crippen LogP contribution in [0, 0.1) is 0 Å². The van der Waals surface area contributed by atoms with Gasteiger partial charge in [0, 0.05) is 42.3 Å². The highest BCUT2D eigenvalue weighted by Crippen LogP contribution is 2.58. The molecular formula is C38H24N2S. The minimum atomic E-state index is 1.15. The summed E-state index contributed by atoms with van der Waals surface area (Å²) in [5, 5.41) is 7.55. The molecule has 7 aromatic carbocycles. The Morgan fingerprint density at radius 3 is 1.59 bits per heavy atom. The first kappa shape index (κ1) is 22.7. The van der Waals surface area contributed by atoms with E-state index < -0.39 is 0 Å². The van der Waals surface area contributed by atoms with Crippen LogP contribution in [0.1, 0.15) is 0 Å². The summed E-state index contributed by atoms with van der Waals surface area (Å²) >= 11 is 1.86. The fourth-order valence-electron chi connectivity index (χ4n) is 6.53. The second kappa shape index (κ2) is 8.69. The normalized spacial score (nSPS) is 12.8. The first-order chi connectivity index (χ1) is 20.3. The van der Waals surface area contributed by atoms with Crippen LogP contribution in [-0.2, 0) is 0 Å². The van der Waals surface area contributed by atoms with Crippen LogP contribution in [0.5, 0.6) is 0 Å². The Morgan fingerprint density at radius 2 is 0.902 bits per heavy atom. The van der Waals surface area contributed by atoms with Gasteiger partial charge in [-0.05, 0) is 59.3 Å². The summed E-state index contributed by atoms with van der Waals surface area (Å²) in [6.45, 7) is 0. The Kier molecular flexibility index (Phi) is 4.80. The summed E-state index contributed by atoms with van der Waals surface area (Å²) in [5.41, 5.74) is 7.08. The largest absolute Gasteiger partial charge is 0.306 e. The van der Waals surface area contributed by atoms with E-state index in [-0.39, 0.29) is 0 Å². The average Bonchev–Trinajstić information content (AvgIpc) is 3.42. The Labute approximate surface area is 241 Å². The first-order valence-corrected chi connectivity index (χ1v) is 14.8. The van der Waals surface area contributed by atoms with Gasteiger partial charge in [0.2, 0.25) is 0 Å². The van der Waals surface area contributed by atoms with Crippen molar-refractivity contribution in [2.75, 3.05) is 9.80 Å². The molecule has 2 nitrogen and oxygen atoms in total. The summed E-state index contributed by atoms with van der Waals surface area (Å²) in [4.78, 5) is 4.94. The van der Waals surface area contributed by atoms with Crippen LogP contribution >= 0.6 is 11.3 Å². The molecule has 3 heteroatoms. The highest BCUT2D eigenvalue weighted by Gasteiger charge is 2.33. The molecule has 0 amide bonds. The predicted molar refractivity (Wildman–Crippen MR) is 177 cm³/mol. The molecule has 0 saturated heterocycles. The van der Waals surface area contributed by atoms with Crippen LogP contribution in [0.3, 0.4) is 0 Å². The Balaban J connectivity index is 1.43. The molecule has 0 unspecified atom stereocenters. The predicted octanol–water partition coefficient (Wildman–Crippen LogP) is 11.6. The highest BCUT2D eigenvalue weighted by atomic mass is 32.1. The molecule has 2 heterocycles. The van der Waals surface area contributed by atoms with E-state index in [0.29, 0.717) is 0 Å². The second-order valence-electron chi connectivity index (χ2n) is 10.6. The summed E-state index contributed by atoms with van der Waals surface area (Å²) in [6, 6.07) is 53.1. The maximum Gasteiger partial charge on any atom is 0.0782 e. The molecule has 0 fully saturated rings. The minimum absolute atomic E-state index is 1.15. The third-order valence-electron chi connectivity index (χ3n) is 8.32. The monoisotopic (exact) mass is 540 g/mol. The number of nitrogens with zero attached hydrogens (tertiary/aromatic N) is 2. The fourth-order valence-corrected chi connectivity index (χ4v) is 7.61. The van der Waals surface area contributed by atoms with Crippen molar-refractivity contribution in [1.82, 2.24) is 0 Å². The number of para-hydroxylation sites is 1. The zero-order valence-electron chi connectivity index (χ0n) is 22.2. The van der Waals surface area contributed by atoms with Gasteiger partial charge in [-0.2, -0.15) is 0 Å². The molecule has 1 aliphatic heterocycles. The maximum absolute atomic E-state index is 2.49. The standard InChI is InChI=1S/C38H24N2S/c1-2-12-27(13-3-1)39-33-21-18-26-11-5-7-15-30(26)38(33)40(34-22-19-25-10-4-6-14-29(25)37(34)39)28-20-23-36-32(24-28)31-16-8-9-17-35(31)41-36/h1-24H. The highest BCUT2D eigenvalue weighted by molar-refractivity contribution is 7.25. The van der Waals surface area contributed by atoms with Crippen LogP contribution < -0.4 is 9.80 Å². The summed E-state index contributed by atoms with van der Waals surface area (Å²) in [5.74, 6) is 0. The van der Waals surface area contributed by atoms with Gasteiger partial charge in [-0.25, -0.2) is 0 Å². The molecule has 0 radical (unpaired) electrons. The van der Waals surface area contributed by atoms with E-state index in [0.717, 1.165) is 5.69 Å². The lowest BCUT2D eigenvalue weighted by atomic mass is 9.96. The minimum Gasteiger partial charge on any atom is -0.306 e. The topological polar surface area (TPSA) is 6.48 Å². The van der Waals surface area contributed by atoms with Gasteiger partial charge in [0.1, 0.15) is 0 Å². The summed E-state index contributed by atoms with van der Waals surface area (Å²) < 4.78 is 2.64. The molecule has 0 bridgehead atoms. The third-order valence-corrected chi connectivity index (χ3v) is 9.47. The number of hydrogen-bond acceptors (Lipinski definition) is 3. The Hall–Kier alpha value is -5.12. The molecule has 9 rings (SSSR count). The van der Waals surface area contributed by atoms with E-state index in [1.807, 2.05) is 11.3 Å². The molecule has 0 spiro atoms. The van der Waals surface area contributed by atoms with Gasteiger partial charge in [0.15, 0.2) is 0 Å². The third kappa shape index (κ3) is 3.30. The van der Waals surface area contributed by atoms with E-state index in [4.69, 9.17) is 0 Å². The average molecular weight is 541 g/mol. The zero-order chi connectivity index (χ0) is 26.9. The van der Waals surface area contributed by atoms with Crippen molar-refractivity contribution in [1.29, 1.82) is 0 Å². The SMILES string of the molecule is c1ccc(N2c3ccc4ccccc4c3N(c3ccc4sc5ccccc5c4c3)c3ccc4ccccc4c32)cc1. The van der Waals surface area contributed by atoms with Crippen molar-refractivity contribution in [3.05, 3.63) is 146 Å². The van der Waals surface area contributed by atoms with Crippen molar-refractivity contribution in [2.45, 2.75) is 0 Å². The van der Waals surface area contributed by atoms with Gasteiger partial charge in [-0.3, -0.25) is 0 Å². The molecule has 1 aliphatic rings. The fraction of sp³-hybridized carbons (Fsp3) is 0. The summed E-state index contributed by atoms with van der Waals surface area (Å²) in [6.07, 6.45) is 0. The van der Waals surface area contributed by atoms with Gasteiger partial charge in [-0.15, -0.1) is 11.3 Å². The summed E-state index contributed by atoms with van der Waals surface area (Å²) in [7, 11) is 0. The number of benzene rings is 7. The van der Waals surface area contributed by atoms with Gasteiger partial charge in [0.25, 0.3) is 0 Å². The first-order valence-electron chi connectivity index (χ1n) is 14.0. The lowest BCUT2D eigenvalue weighted by molar-refractivity contribution is 1.19. The molecule has 8 aromatic rings. The maximum atomic E-state index is 2.49. The van der Waals surface area contributed by atoms with Crippen molar-refractivity contribution in [2.24, 2.45) is 0 Å². The number of rotatable bonds is 2.